The van der Waals surface area contributed by atoms with E-state index in [1.54, 1.807) is 13.3 Å². The van der Waals surface area contributed by atoms with Gasteiger partial charge >= 0.3 is 0 Å². The molecule has 24 heavy (non-hydrogen) atoms. The Morgan fingerprint density at radius 1 is 1.25 bits per heavy atom. The van der Waals surface area contributed by atoms with E-state index in [1.165, 1.54) is 0 Å². The summed E-state index contributed by atoms with van der Waals surface area (Å²) in [6.45, 7) is 0. The first-order valence-electron chi connectivity index (χ1n) is 7.74. The van der Waals surface area contributed by atoms with Crippen LogP contribution in [0.4, 0.5) is 5.69 Å². The number of hydrogen-bond acceptors (Lipinski definition) is 3. The highest BCUT2D eigenvalue weighted by Crippen LogP contribution is 2.27. The first-order chi connectivity index (χ1) is 11.7. The lowest BCUT2D eigenvalue weighted by Crippen LogP contribution is -1.94. The summed E-state index contributed by atoms with van der Waals surface area (Å²) in [4.78, 5) is 0. The molecular weight excluding hydrogens is 298 g/mol. The van der Waals surface area contributed by atoms with Gasteiger partial charge in [0.05, 0.1) is 13.2 Å². The number of nitrogens with zero attached hydrogens (tertiary/aromatic N) is 2. The van der Waals surface area contributed by atoms with Crippen molar-refractivity contribution in [3.8, 4) is 11.8 Å². The van der Waals surface area contributed by atoms with Gasteiger partial charge in [-0.1, -0.05) is 18.2 Å². The van der Waals surface area contributed by atoms with Crippen LogP contribution < -0.4 is 10.1 Å². The first-order valence-corrected chi connectivity index (χ1v) is 7.74. The molecule has 0 fully saturated rings. The first kappa shape index (κ1) is 15.7. The van der Waals surface area contributed by atoms with E-state index in [1.807, 2.05) is 55.6 Å². The van der Waals surface area contributed by atoms with Crippen LogP contribution in [-0.4, -0.2) is 11.7 Å². The molecule has 0 radical (unpaired) electrons. The van der Waals surface area contributed by atoms with Gasteiger partial charge in [0.2, 0.25) is 0 Å². The van der Waals surface area contributed by atoms with Gasteiger partial charge < -0.3 is 14.6 Å². The van der Waals surface area contributed by atoms with Gasteiger partial charge in [0.15, 0.2) is 0 Å². The van der Waals surface area contributed by atoms with Crippen molar-refractivity contribution in [1.29, 1.82) is 5.26 Å². The maximum absolute atomic E-state index is 9.46. The third kappa shape index (κ3) is 3.26. The maximum atomic E-state index is 9.46. The minimum absolute atomic E-state index is 0.570. The minimum atomic E-state index is 0.570. The molecule has 0 aliphatic rings. The highest BCUT2D eigenvalue weighted by Gasteiger charge is 2.10. The second-order valence-corrected chi connectivity index (χ2v) is 5.62. The Balaban J connectivity index is 1.88. The van der Waals surface area contributed by atoms with Gasteiger partial charge in [-0.05, 0) is 35.9 Å². The molecule has 0 amide bonds. The van der Waals surface area contributed by atoms with Crippen LogP contribution in [0, 0.1) is 11.3 Å². The quantitative estimate of drug-likeness (QED) is 0.716. The van der Waals surface area contributed by atoms with Crippen LogP contribution in [0.5, 0.6) is 5.75 Å². The Labute approximate surface area is 141 Å². The Morgan fingerprint density at radius 3 is 2.75 bits per heavy atom. The van der Waals surface area contributed by atoms with Gasteiger partial charge in [0.25, 0.3) is 0 Å². The van der Waals surface area contributed by atoms with E-state index in [0.29, 0.717) is 12.0 Å². The summed E-state index contributed by atoms with van der Waals surface area (Å²) in [6, 6.07) is 18.1. The average molecular weight is 317 g/mol. The molecular formula is C20H19N3O. The van der Waals surface area contributed by atoms with Crippen LogP contribution in [0.1, 0.15) is 5.56 Å². The molecule has 0 spiro atoms. The van der Waals surface area contributed by atoms with E-state index in [-0.39, 0.29) is 0 Å². The standard InChI is InChI=1S/C20H19N3O/c1-23-14-16(19-11-18(24-2)8-9-20(19)23)10-15(12-21)13-22-17-6-4-3-5-7-17/h3-9,11,13-14,22H,10H2,1-2H3. The number of anilines is 1. The van der Waals surface area contributed by atoms with Crippen LogP contribution in [0.3, 0.4) is 0 Å². The number of nitrogens with one attached hydrogen (secondary N) is 1. The molecule has 0 aliphatic carbocycles. The number of aryl methyl sites for hydroxylation is 1. The molecule has 0 aliphatic heterocycles. The fraction of sp³-hybridized carbons (Fsp3) is 0.150. The molecule has 4 nitrogen and oxygen atoms in total. The summed E-state index contributed by atoms with van der Waals surface area (Å²) in [6.07, 6.45) is 4.41. The van der Waals surface area contributed by atoms with Crippen LogP contribution in [0.15, 0.2) is 66.5 Å². The number of nitriles is 1. The fourth-order valence-electron chi connectivity index (χ4n) is 2.75. The van der Waals surface area contributed by atoms with Crippen molar-refractivity contribution >= 4 is 16.6 Å². The number of ether oxygens (including phenoxy) is 1. The molecule has 0 saturated heterocycles. The van der Waals surface area contributed by atoms with E-state index in [2.05, 4.69) is 22.1 Å². The second-order valence-electron chi connectivity index (χ2n) is 5.62. The van der Waals surface area contributed by atoms with Crippen molar-refractivity contribution in [2.45, 2.75) is 6.42 Å². The van der Waals surface area contributed by atoms with Crippen molar-refractivity contribution < 1.29 is 4.74 Å². The predicted octanol–water partition coefficient (Wildman–Crippen LogP) is 4.25. The van der Waals surface area contributed by atoms with E-state index in [0.717, 1.165) is 27.9 Å². The number of para-hydroxylation sites is 1. The summed E-state index contributed by atoms with van der Waals surface area (Å²) in [5.74, 6) is 0.819. The summed E-state index contributed by atoms with van der Waals surface area (Å²) in [7, 11) is 3.67. The Bertz CT molecular complexity index is 917. The number of aromatic nitrogens is 1. The van der Waals surface area contributed by atoms with Crippen molar-refractivity contribution in [3.63, 3.8) is 0 Å². The van der Waals surface area contributed by atoms with Crippen molar-refractivity contribution in [2.75, 3.05) is 12.4 Å². The molecule has 0 unspecified atom stereocenters. The van der Waals surface area contributed by atoms with E-state index >= 15 is 0 Å². The van der Waals surface area contributed by atoms with Crippen LogP contribution in [0.2, 0.25) is 0 Å². The zero-order chi connectivity index (χ0) is 16.9. The SMILES string of the molecule is COc1ccc2c(c1)c(CC(C#N)=CNc1ccccc1)cn2C. The zero-order valence-electron chi connectivity index (χ0n) is 13.8. The van der Waals surface area contributed by atoms with Crippen LogP contribution in [-0.2, 0) is 13.5 Å². The van der Waals surface area contributed by atoms with E-state index in [9.17, 15) is 5.26 Å². The van der Waals surface area contributed by atoms with Gasteiger partial charge in [-0.15, -0.1) is 0 Å². The lowest BCUT2D eigenvalue weighted by atomic mass is 10.1. The van der Waals surface area contributed by atoms with Gasteiger partial charge in [0, 0.05) is 48.0 Å². The minimum Gasteiger partial charge on any atom is -0.497 e. The zero-order valence-corrected chi connectivity index (χ0v) is 13.8. The number of allylic oxidation sites excluding steroid dienone is 1. The lowest BCUT2D eigenvalue weighted by molar-refractivity contribution is 0.415. The molecule has 0 atom stereocenters. The number of methoxy groups -OCH3 is 1. The van der Waals surface area contributed by atoms with Crippen LogP contribution in [0.25, 0.3) is 10.9 Å². The summed E-state index contributed by atoms with van der Waals surface area (Å²) in [5, 5.41) is 13.7. The highest BCUT2D eigenvalue weighted by atomic mass is 16.5. The fourth-order valence-corrected chi connectivity index (χ4v) is 2.75. The average Bonchev–Trinajstić information content (AvgIpc) is 2.94. The Hall–Kier alpha value is -3.19. The van der Waals surface area contributed by atoms with Crippen molar-refractivity contribution in [2.24, 2.45) is 7.05 Å². The Kier molecular flexibility index (Phi) is 4.53. The predicted molar refractivity (Wildman–Crippen MR) is 96.9 cm³/mol. The Morgan fingerprint density at radius 2 is 2.04 bits per heavy atom. The molecule has 4 heteroatoms. The van der Waals surface area contributed by atoms with E-state index < -0.39 is 0 Å². The molecule has 1 heterocycles. The highest BCUT2D eigenvalue weighted by molar-refractivity contribution is 5.85. The van der Waals surface area contributed by atoms with Gasteiger partial charge in [-0.3, -0.25) is 0 Å². The van der Waals surface area contributed by atoms with E-state index in [4.69, 9.17) is 4.74 Å². The molecule has 3 aromatic rings. The smallest absolute Gasteiger partial charge is 0.119 e. The molecule has 1 N–H and O–H groups in total. The third-order valence-electron chi connectivity index (χ3n) is 3.99. The number of rotatable bonds is 5. The maximum Gasteiger partial charge on any atom is 0.119 e. The molecule has 2 aromatic carbocycles. The molecule has 0 saturated carbocycles. The number of benzene rings is 2. The van der Waals surface area contributed by atoms with Crippen molar-refractivity contribution in [1.82, 2.24) is 4.57 Å². The van der Waals surface area contributed by atoms with Crippen molar-refractivity contribution in [3.05, 3.63) is 72.1 Å². The van der Waals surface area contributed by atoms with Crippen LogP contribution >= 0.6 is 0 Å². The molecule has 1 aromatic heterocycles. The monoisotopic (exact) mass is 317 g/mol. The summed E-state index contributed by atoms with van der Waals surface area (Å²) < 4.78 is 7.40. The topological polar surface area (TPSA) is 50.0 Å². The molecule has 3 rings (SSSR count). The number of fused-ring (bicyclic) bond motifs is 1. The van der Waals surface area contributed by atoms with Gasteiger partial charge in [-0.25, -0.2) is 0 Å². The number of hydrogen-bond donors (Lipinski definition) is 1. The lowest BCUT2D eigenvalue weighted by Gasteiger charge is -2.03. The largest absolute Gasteiger partial charge is 0.497 e. The molecule has 120 valence electrons. The third-order valence-corrected chi connectivity index (χ3v) is 3.99. The summed E-state index contributed by atoms with van der Waals surface area (Å²) in [5.41, 5.74) is 3.87. The van der Waals surface area contributed by atoms with Gasteiger partial charge in [0.1, 0.15) is 5.75 Å². The van der Waals surface area contributed by atoms with Gasteiger partial charge in [-0.2, -0.15) is 5.26 Å². The normalized spacial score (nSPS) is 11.3. The molecule has 0 bridgehead atoms. The second kappa shape index (κ2) is 6.93. The summed E-state index contributed by atoms with van der Waals surface area (Å²) >= 11 is 0.